The average molecular weight is 505 g/mol. The van der Waals surface area contributed by atoms with E-state index in [1.54, 1.807) is 0 Å². The molecular weight excluding hydrogens is 456 g/mol. The van der Waals surface area contributed by atoms with Crippen molar-refractivity contribution >= 4 is 12.4 Å². The Kier molecular flexibility index (Phi) is 8.61. The highest BCUT2D eigenvalue weighted by molar-refractivity contribution is 5.86. The third-order valence-corrected chi connectivity index (χ3v) is 7.50. The van der Waals surface area contributed by atoms with Gasteiger partial charge in [0.1, 0.15) is 11.5 Å². The maximum atomic E-state index is 11.0. The number of hydrogen-bond donors (Lipinski definition) is 2. The van der Waals surface area contributed by atoms with Gasteiger partial charge in [-0.25, -0.2) is 0 Å². The zero-order valence-electron chi connectivity index (χ0n) is 24.7. The summed E-state index contributed by atoms with van der Waals surface area (Å²) < 4.78 is 0. The largest absolute Gasteiger partial charge is 0.507 e. The van der Waals surface area contributed by atoms with Gasteiger partial charge < -0.3 is 10.2 Å². The Morgan fingerprint density at radius 3 is 1.32 bits per heavy atom. The molecular formula is C33H48N2O2. The number of hydrogen-bond acceptors (Lipinski definition) is 4. The van der Waals surface area contributed by atoms with Crippen LogP contribution in [0.5, 0.6) is 11.5 Å². The molecule has 1 aliphatic carbocycles. The van der Waals surface area contributed by atoms with E-state index >= 15 is 0 Å². The van der Waals surface area contributed by atoms with Crippen LogP contribution in [0.25, 0.3) is 0 Å². The third kappa shape index (κ3) is 7.03. The highest BCUT2D eigenvalue weighted by atomic mass is 16.3. The van der Waals surface area contributed by atoms with Crippen LogP contribution in [0, 0.1) is 0 Å². The minimum absolute atomic E-state index is 0.143. The van der Waals surface area contributed by atoms with Crippen LogP contribution in [0.1, 0.15) is 134 Å². The predicted molar refractivity (Wildman–Crippen MR) is 158 cm³/mol. The second-order valence-electron chi connectivity index (χ2n) is 13.5. The quantitative estimate of drug-likeness (QED) is 0.388. The molecule has 37 heavy (non-hydrogen) atoms. The monoisotopic (exact) mass is 504 g/mol. The van der Waals surface area contributed by atoms with E-state index in [-0.39, 0.29) is 22.9 Å². The summed E-state index contributed by atoms with van der Waals surface area (Å²) in [5, 5.41) is 22.0. The number of benzene rings is 2. The van der Waals surface area contributed by atoms with Gasteiger partial charge in [-0.05, 0) is 65.2 Å². The average Bonchev–Trinajstić information content (AvgIpc) is 3.23. The van der Waals surface area contributed by atoms with Crippen molar-refractivity contribution in [2.75, 3.05) is 0 Å². The number of phenolic OH excluding ortho intramolecular Hbond substituents is 2. The molecule has 4 nitrogen and oxygen atoms in total. The highest BCUT2D eigenvalue weighted by Gasteiger charge is 2.26. The van der Waals surface area contributed by atoms with Gasteiger partial charge in [0.15, 0.2) is 0 Å². The van der Waals surface area contributed by atoms with Crippen LogP contribution in [0.15, 0.2) is 34.3 Å². The Labute approximate surface area is 225 Å². The molecule has 0 bridgehead atoms. The molecule has 1 saturated carbocycles. The van der Waals surface area contributed by atoms with Gasteiger partial charge in [-0.1, -0.05) is 81.4 Å². The molecule has 2 atom stereocenters. The minimum atomic E-state index is -0.143. The molecule has 0 saturated heterocycles. The van der Waals surface area contributed by atoms with Crippen LogP contribution in [0.2, 0.25) is 0 Å². The van der Waals surface area contributed by atoms with Gasteiger partial charge in [0, 0.05) is 34.7 Å². The SMILES string of the molecule is CC(C)c1cc(C=NC2CCC(N=Cc3cc(C(C)C)cc(C(C)(C)C)c3O)C2)c(O)c(C(C)(C)C)c1. The summed E-state index contributed by atoms with van der Waals surface area (Å²) >= 11 is 0. The number of nitrogens with zero attached hydrogens (tertiary/aromatic N) is 2. The van der Waals surface area contributed by atoms with E-state index in [0.29, 0.717) is 23.3 Å². The fraction of sp³-hybridized carbons (Fsp3) is 0.576. The van der Waals surface area contributed by atoms with Crippen LogP contribution in [0.3, 0.4) is 0 Å². The van der Waals surface area contributed by atoms with Gasteiger partial charge in [-0.3, -0.25) is 9.98 Å². The van der Waals surface area contributed by atoms with Crippen molar-refractivity contribution in [1.82, 2.24) is 0 Å². The van der Waals surface area contributed by atoms with Crippen molar-refractivity contribution in [3.8, 4) is 11.5 Å². The van der Waals surface area contributed by atoms with E-state index in [1.165, 1.54) is 11.1 Å². The normalized spacial score (nSPS) is 19.2. The summed E-state index contributed by atoms with van der Waals surface area (Å²) in [6.07, 6.45) is 6.54. The fourth-order valence-corrected chi connectivity index (χ4v) is 4.94. The van der Waals surface area contributed by atoms with Crippen molar-refractivity contribution in [2.45, 2.75) is 123 Å². The first-order chi connectivity index (χ1) is 17.1. The first kappa shape index (κ1) is 28.9. The zero-order valence-corrected chi connectivity index (χ0v) is 24.7. The summed E-state index contributed by atoms with van der Waals surface area (Å²) in [6.45, 7) is 21.5. The molecule has 4 heteroatoms. The standard InChI is InChI=1S/C33H48N2O2/c1-20(2)22-13-24(30(36)28(15-22)32(5,6)7)18-34-26-11-12-27(17-26)35-19-25-14-23(21(3)4)16-29(31(25)37)33(8,9)10/h13-16,18-21,26-27,36-37H,11-12,17H2,1-10H3. The number of aliphatic imine (C=N–C) groups is 2. The highest BCUT2D eigenvalue weighted by Crippen LogP contribution is 2.37. The third-order valence-electron chi connectivity index (χ3n) is 7.50. The minimum Gasteiger partial charge on any atom is -0.507 e. The molecule has 2 N–H and O–H groups in total. The molecule has 2 unspecified atom stereocenters. The van der Waals surface area contributed by atoms with Crippen molar-refractivity contribution in [3.05, 3.63) is 57.6 Å². The number of phenols is 2. The lowest BCUT2D eigenvalue weighted by molar-refractivity contribution is 0.444. The van der Waals surface area contributed by atoms with Crippen molar-refractivity contribution in [3.63, 3.8) is 0 Å². The molecule has 0 aliphatic heterocycles. The lowest BCUT2D eigenvalue weighted by Gasteiger charge is -2.23. The van der Waals surface area contributed by atoms with Crippen LogP contribution in [0.4, 0.5) is 0 Å². The Balaban J connectivity index is 1.80. The molecule has 202 valence electrons. The van der Waals surface area contributed by atoms with E-state index in [4.69, 9.17) is 9.98 Å². The van der Waals surface area contributed by atoms with Gasteiger partial charge in [-0.2, -0.15) is 0 Å². The molecule has 0 radical (unpaired) electrons. The Hall–Kier alpha value is -2.62. The summed E-state index contributed by atoms with van der Waals surface area (Å²) in [7, 11) is 0. The van der Waals surface area contributed by atoms with Gasteiger partial charge in [0.25, 0.3) is 0 Å². The topological polar surface area (TPSA) is 65.2 Å². The lowest BCUT2D eigenvalue weighted by Crippen LogP contribution is -2.13. The first-order valence-corrected chi connectivity index (χ1v) is 13.9. The predicted octanol–water partition coefficient (Wildman–Crippen LogP) is 8.40. The van der Waals surface area contributed by atoms with Gasteiger partial charge in [-0.15, -0.1) is 0 Å². The summed E-state index contributed by atoms with van der Waals surface area (Å²) in [6, 6.07) is 8.77. The molecule has 2 aromatic rings. The molecule has 3 rings (SSSR count). The fourth-order valence-electron chi connectivity index (χ4n) is 4.94. The summed E-state index contributed by atoms with van der Waals surface area (Å²) in [5.41, 5.74) is 5.68. The van der Waals surface area contributed by atoms with Crippen LogP contribution in [-0.2, 0) is 10.8 Å². The lowest BCUT2D eigenvalue weighted by atomic mass is 9.82. The Morgan fingerprint density at radius 2 is 1.03 bits per heavy atom. The Bertz CT molecular complexity index is 1070. The molecule has 1 aliphatic rings. The molecule has 2 aromatic carbocycles. The van der Waals surface area contributed by atoms with Gasteiger partial charge in [0.2, 0.25) is 0 Å². The second-order valence-corrected chi connectivity index (χ2v) is 13.5. The van der Waals surface area contributed by atoms with Gasteiger partial charge in [0.05, 0.1) is 12.1 Å². The van der Waals surface area contributed by atoms with Crippen molar-refractivity contribution in [1.29, 1.82) is 0 Å². The van der Waals surface area contributed by atoms with Crippen LogP contribution < -0.4 is 0 Å². The maximum Gasteiger partial charge on any atom is 0.128 e. The maximum absolute atomic E-state index is 11.0. The zero-order chi connectivity index (χ0) is 27.7. The van der Waals surface area contributed by atoms with E-state index in [0.717, 1.165) is 41.5 Å². The van der Waals surface area contributed by atoms with E-state index in [2.05, 4.69) is 93.5 Å². The summed E-state index contributed by atoms with van der Waals surface area (Å²) in [5.74, 6) is 1.43. The van der Waals surface area contributed by atoms with E-state index < -0.39 is 0 Å². The van der Waals surface area contributed by atoms with E-state index in [9.17, 15) is 10.2 Å². The van der Waals surface area contributed by atoms with Crippen LogP contribution in [-0.4, -0.2) is 34.7 Å². The second kappa shape index (κ2) is 11.0. The van der Waals surface area contributed by atoms with E-state index in [1.807, 2.05) is 12.4 Å². The first-order valence-electron chi connectivity index (χ1n) is 13.9. The van der Waals surface area contributed by atoms with Crippen LogP contribution >= 0.6 is 0 Å². The van der Waals surface area contributed by atoms with Crippen molar-refractivity contribution in [2.24, 2.45) is 9.98 Å². The molecule has 1 fully saturated rings. The molecule has 0 spiro atoms. The number of aromatic hydroxyl groups is 2. The smallest absolute Gasteiger partial charge is 0.128 e. The number of rotatable bonds is 6. The molecule has 0 heterocycles. The van der Waals surface area contributed by atoms with Gasteiger partial charge >= 0.3 is 0 Å². The van der Waals surface area contributed by atoms with Crippen molar-refractivity contribution < 1.29 is 10.2 Å². The molecule has 0 aromatic heterocycles. The Morgan fingerprint density at radius 1 is 0.676 bits per heavy atom. The summed E-state index contributed by atoms with van der Waals surface area (Å²) in [4.78, 5) is 9.75. The molecule has 0 amide bonds.